The van der Waals surface area contributed by atoms with Crippen molar-refractivity contribution in [3.05, 3.63) is 41.9 Å². The summed E-state index contributed by atoms with van der Waals surface area (Å²) in [7, 11) is 3.11. The third-order valence-corrected chi connectivity index (χ3v) is 4.15. The Balaban J connectivity index is 1.74. The Labute approximate surface area is 145 Å². The highest BCUT2D eigenvalue weighted by molar-refractivity contribution is 6.04. The number of carbonyl (C=O) groups excluding carboxylic acids is 2. The van der Waals surface area contributed by atoms with Crippen LogP contribution in [0.4, 0.5) is 5.69 Å². The van der Waals surface area contributed by atoms with Crippen molar-refractivity contribution in [2.24, 2.45) is 0 Å². The van der Waals surface area contributed by atoms with E-state index in [1.54, 1.807) is 50.3 Å². The molecule has 2 aromatic rings. The number of hydrogen-bond donors (Lipinski definition) is 1. The Kier molecular flexibility index (Phi) is 4.65. The van der Waals surface area contributed by atoms with Crippen LogP contribution in [0, 0.1) is 6.92 Å². The van der Waals surface area contributed by atoms with Crippen LogP contribution in [0.1, 0.15) is 22.5 Å². The maximum Gasteiger partial charge on any atom is 0.255 e. The maximum atomic E-state index is 12.7. The van der Waals surface area contributed by atoms with E-state index in [-0.39, 0.29) is 11.8 Å². The number of rotatable bonds is 5. The van der Waals surface area contributed by atoms with Crippen molar-refractivity contribution < 1.29 is 23.5 Å². The molecule has 2 heterocycles. The molecular formula is C18H20N2O5. The standard InChI is InChI=1S/C18H20N2O5/c1-11-6-12(10-25-11)17(21)19-16-4-5-20(18(16)22)13-7-14(23-2)9-15(8-13)24-3/h6-10,16H,4-5H2,1-3H3,(H,19,21)/t16-/m1/s1. The summed E-state index contributed by atoms with van der Waals surface area (Å²) in [4.78, 5) is 26.5. The van der Waals surface area contributed by atoms with Gasteiger partial charge in [-0.25, -0.2) is 0 Å². The summed E-state index contributed by atoms with van der Waals surface area (Å²) in [6, 6.07) is 6.35. The van der Waals surface area contributed by atoms with Gasteiger partial charge in [0.1, 0.15) is 29.6 Å². The predicted octanol–water partition coefficient (Wildman–Crippen LogP) is 2.14. The zero-order valence-corrected chi connectivity index (χ0v) is 14.4. The second-order valence-corrected chi connectivity index (χ2v) is 5.82. The fourth-order valence-corrected chi connectivity index (χ4v) is 2.82. The van der Waals surface area contributed by atoms with Gasteiger partial charge >= 0.3 is 0 Å². The maximum absolute atomic E-state index is 12.7. The molecule has 25 heavy (non-hydrogen) atoms. The van der Waals surface area contributed by atoms with Crippen molar-refractivity contribution in [2.75, 3.05) is 25.7 Å². The third-order valence-electron chi connectivity index (χ3n) is 4.15. The fraction of sp³-hybridized carbons (Fsp3) is 0.333. The lowest BCUT2D eigenvalue weighted by atomic mass is 10.2. The number of benzene rings is 1. The Bertz CT molecular complexity index is 776. The zero-order valence-electron chi connectivity index (χ0n) is 14.4. The number of hydrogen-bond acceptors (Lipinski definition) is 5. The first-order chi connectivity index (χ1) is 12.0. The first kappa shape index (κ1) is 16.9. The summed E-state index contributed by atoms with van der Waals surface area (Å²) in [6.07, 6.45) is 1.91. The van der Waals surface area contributed by atoms with E-state index in [0.717, 1.165) is 0 Å². The first-order valence-electron chi connectivity index (χ1n) is 7.92. The van der Waals surface area contributed by atoms with E-state index in [0.29, 0.717) is 41.5 Å². The van der Waals surface area contributed by atoms with Crippen molar-refractivity contribution in [3.8, 4) is 11.5 Å². The molecular weight excluding hydrogens is 324 g/mol. The fourth-order valence-electron chi connectivity index (χ4n) is 2.82. The van der Waals surface area contributed by atoms with Gasteiger partial charge in [0.05, 0.1) is 25.5 Å². The molecule has 2 amide bonds. The molecule has 1 atom stereocenters. The largest absolute Gasteiger partial charge is 0.497 e. The van der Waals surface area contributed by atoms with Crippen LogP contribution >= 0.6 is 0 Å². The van der Waals surface area contributed by atoms with Crippen LogP contribution in [-0.4, -0.2) is 38.6 Å². The van der Waals surface area contributed by atoms with E-state index < -0.39 is 6.04 Å². The van der Waals surface area contributed by atoms with Crippen LogP contribution in [0.3, 0.4) is 0 Å². The van der Waals surface area contributed by atoms with Gasteiger partial charge in [0.2, 0.25) is 5.91 Å². The normalized spacial score (nSPS) is 16.8. The topological polar surface area (TPSA) is 81.0 Å². The van der Waals surface area contributed by atoms with Crippen LogP contribution in [0.15, 0.2) is 34.9 Å². The Hall–Kier alpha value is -2.96. The van der Waals surface area contributed by atoms with Crippen LogP contribution in [0.5, 0.6) is 11.5 Å². The predicted molar refractivity (Wildman–Crippen MR) is 91.2 cm³/mol. The van der Waals surface area contributed by atoms with Gasteiger partial charge < -0.3 is 24.1 Å². The van der Waals surface area contributed by atoms with E-state index in [4.69, 9.17) is 13.9 Å². The molecule has 1 aliphatic heterocycles. The number of ether oxygens (including phenoxy) is 2. The number of nitrogens with one attached hydrogen (secondary N) is 1. The van der Waals surface area contributed by atoms with Gasteiger partial charge in [0, 0.05) is 24.7 Å². The van der Waals surface area contributed by atoms with Crippen molar-refractivity contribution in [1.29, 1.82) is 0 Å². The second kappa shape index (κ2) is 6.88. The van der Waals surface area contributed by atoms with E-state index >= 15 is 0 Å². The van der Waals surface area contributed by atoms with Crippen molar-refractivity contribution in [2.45, 2.75) is 19.4 Å². The molecule has 1 fully saturated rings. The van der Waals surface area contributed by atoms with E-state index in [2.05, 4.69) is 5.32 Å². The summed E-state index contributed by atoms with van der Waals surface area (Å²) in [6.45, 7) is 2.26. The van der Waals surface area contributed by atoms with Crippen LogP contribution < -0.4 is 19.7 Å². The van der Waals surface area contributed by atoms with E-state index in [9.17, 15) is 9.59 Å². The highest BCUT2D eigenvalue weighted by atomic mass is 16.5. The zero-order chi connectivity index (χ0) is 18.0. The highest BCUT2D eigenvalue weighted by Crippen LogP contribution is 2.31. The number of amides is 2. The molecule has 1 aromatic heterocycles. The van der Waals surface area contributed by atoms with Crippen molar-refractivity contribution in [1.82, 2.24) is 5.32 Å². The molecule has 132 valence electrons. The number of aryl methyl sites for hydroxylation is 1. The third kappa shape index (κ3) is 3.45. The molecule has 0 radical (unpaired) electrons. The Morgan fingerprint density at radius 3 is 2.44 bits per heavy atom. The van der Waals surface area contributed by atoms with Gasteiger partial charge in [-0.1, -0.05) is 0 Å². The first-order valence-corrected chi connectivity index (χ1v) is 7.92. The van der Waals surface area contributed by atoms with Gasteiger partial charge in [-0.05, 0) is 19.4 Å². The molecule has 7 nitrogen and oxygen atoms in total. The number of furan rings is 1. The summed E-state index contributed by atoms with van der Waals surface area (Å²) >= 11 is 0. The summed E-state index contributed by atoms with van der Waals surface area (Å²) in [5.41, 5.74) is 1.09. The molecule has 1 aliphatic rings. The quantitative estimate of drug-likeness (QED) is 0.899. The summed E-state index contributed by atoms with van der Waals surface area (Å²) < 4.78 is 15.6. The van der Waals surface area contributed by atoms with Gasteiger partial charge in [-0.15, -0.1) is 0 Å². The molecule has 0 saturated carbocycles. The molecule has 1 aromatic carbocycles. The molecule has 3 rings (SSSR count). The molecule has 0 spiro atoms. The monoisotopic (exact) mass is 344 g/mol. The van der Waals surface area contributed by atoms with Crippen molar-refractivity contribution >= 4 is 17.5 Å². The van der Waals surface area contributed by atoms with Gasteiger partial charge in [0.25, 0.3) is 5.91 Å². The van der Waals surface area contributed by atoms with Gasteiger partial charge in [0.15, 0.2) is 0 Å². The number of nitrogens with zero attached hydrogens (tertiary/aromatic N) is 1. The van der Waals surface area contributed by atoms with Crippen LogP contribution in [0.25, 0.3) is 0 Å². The summed E-state index contributed by atoms with van der Waals surface area (Å²) in [5, 5.41) is 2.76. The smallest absolute Gasteiger partial charge is 0.255 e. The lowest BCUT2D eigenvalue weighted by Gasteiger charge is -2.19. The average molecular weight is 344 g/mol. The lowest BCUT2D eigenvalue weighted by Crippen LogP contribution is -2.41. The summed E-state index contributed by atoms with van der Waals surface area (Å²) in [5.74, 6) is 1.36. The average Bonchev–Trinajstić information content (AvgIpc) is 3.21. The molecule has 0 aliphatic carbocycles. The molecule has 1 N–H and O–H groups in total. The second-order valence-electron chi connectivity index (χ2n) is 5.82. The van der Waals surface area contributed by atoms with Crippen molar-refractivity contribution in [3.63, 3.8) is 0 Å². The molecule has 0 unspecified atom stereocenters. The lowest BCUT2D eigenvalue weighted by molar-refractivity contribution is -0.118. The minimum Gasteiger partial charge on any atom is -0.497 e. The van der Waals surface area contributed by atoms with Crippen LogP contribution in [0.2, 0.25) is 0 Å². The van der Waals surface area contributed by atoms with E-state index in [1.165, 1.54) is 6.26 Å². The minimum atomic E-state index is -0.570. The SMILES string of the molecule is COc1cc(OC)cc(N2CC[C@@H](NC(=O)c3coc(C)c3)C2=O)c1. The Morgan fingerprint density at radius 1 is 1.20 bits per heavy atom. The molecule has 1 saturated heterocycles. The van der Waals surface area contributed by atoms with Gasteiger partial charge in [-0.2, -0.15) is 0 Å². The van der Waals surface area contributed by atoms with Gasteiger partial charge in [-0.3, -0.25) is 9.59 Å². The number of methoxy groups -OCH3 is 2. The minimum absolute atomic E-state index is 0.163. The molecule has 7 heteroatoms. The molecule has 0 bridgehead atoms. The number of anilines is 1. The number of carbonyl (C=O) groups is 2. The van der Waals surface area contributed by atoms with E-state index in [1.807, 2.05) is 0 Å². The van der Waals surface area contributed by atoms with Crippen LogP contribution in [-0.2, 0) is 4.79 Å². The Morgan fingerprint density at radius 2 is 1.88 bits per heavy atom. The highest BCUT2D eigenvalue weighted by Gasteiger charge is 2.34.